The van der Waals surface area contributed by atoms with Gasteiger partial charge in [-0.15, -0.1) is 13.2 Å². The van der Waals surface area contributed by atoms with Crippen LogP contribution in [0.1, 0.15) is 0 Å². The minimum absolute atomic E-state index is 0.214. The fourth-order valence-electron chi connectivity index (χ4n) is 1.11. The van der Waals surface area contributed by atoms with Gasteiger partial charge in [0.25, 0.3) is 0 Å². The first-order valence-electron chi connectivity index (χ1n) is 4.57. The van der Waals surface area contributed by atoms with Crippen LogP contribution in [0.15, 0.2) is 27.6 Å². The molecule has 1 rings (SSSR count). The molecule has 0 bridgehead atoms. The Kier molecular flexibility index (Phi) is 4.78. The van der Waals surface area contributed by atoms with Crippen molar-refractivity contribution < 1.29 is 26.3 Å². The molecule has 0 heterocycles. The lowest BCUT2D eigenvalue weighted by molar-refractivity contribution is -0.275. The van der Waals surface area contributed by atoms with E-state index in [9.17, 15) is 21.6 Å². The first-order valence-corrected chi connectivity index (χ1v) is 6.85. The molecule has 0 aliphatic carbocycles. The minimum Gasteiger partial charge on any atom is -0.404 e. The highest BCUT2D eigenvalue weighted by atomic mass is 79.9. The number of benzene rings is 1. The Hall–Kier alpha value is -1.31. The number of rotatable bonds is 4. The second-order valence-corrected chi connectivity index (χ2v) is 5.77. The largest absolute Gasteiger partial charge is 0.573 e. The molecular weight excluding hydrogens is 353 g/mol. The first kappa shape index (κ1) is 15.7. The fraction of sp³-hybridized carbons (Fsp3) is 0.222. The van der Waals surface area contributed by atoms with E-state index in [2.05, 4.69) is 20.7 Å². The van der Waals surface area contributed by atoms with Gasteiger partial charge in [0.05, 0.1) is 12.6 Å². The Bertz CT molecular complexity index is 610. The number of sulfonamides is 1. The maximum atomic E-state index is 12.2. The van der Waals surface area contributed by atoms with Crippen molar-refractivity contribution >= 4 is 26.0 Å². The molecule has 0 atom stereocenters. The number of hydrogen-bond donors (Lipinski definition) is 1. The Labute approximate surface area is 115 Å². The molecule has 0 radical (unpaired) electrons. The molecule has 0 spiro atoms. The number of ether oxygens (including phenoxy) is 1. The molecule has 104 valence electrons. The average Bonchev–Trinajstić information content (AvgIpc) is 2.24. The summed E-state index contributed by atoms with van der Waals surface area (Å²) in [5, 5.41) is 8.28. The molecule has 0 unspecified atom stereocenters. The quantitative estimate of drug-likeness (QED) is 0.836. The normalized spacial score (nSPS) is 11.9. The maximum Gasteiger partial charge on any atom is 0.573 e. The first-order chi connectivity index (χ1) is 8.65. The summed E-state index contributed by atoms with van der Waals surface area (Å²) in [4.78, 5) is -0.705. The van der Waals surface area contributed by atoms with Gasteiger partial charge in [0.15, 0.2) is 5.75 Å². The average molecular weight is 359 g/mol. The van der Waals surface area contributed by atoms with Gasteiger partial charge in [-0.1, -0.05) is 15.9 Å². The van der Waals surface area contributed by atoms with E-state index in [1.165, 1.54) is 12.1 Å². The van der Waals surface area contributed by atoms with Crippen molar-refractivity contribution in [2.24, 2.45) is 0 Å². The van der Waals surface area contributed by atoms with Crippen LogP contribution < -0.4 is 9.46 Å². The van der Waals surface area contributed by atoms with E-state index in [0.717, 1.165) is 12.1 Å². The summed E-state index contributed by atoms with van der Waals surface area (Å²) in [5.74, 6) is -0.882. The summed E-state index contributed by atoms with van der Waals surface area (Å²) in [7, 11) is -4.26. The SMILES string of the molecule is N#CCNS(=O)(=O)c1ccc(Br)cc1OC(F)(F)F. The molecule has 0 saturated carbocycles. The molecule has 0 aromatic heterocycles. The predicted octanol–water partition coefficient (Wildman–Crippen LogP) is 2.15. The summed E-state index contributed by atoms with van der Waals surface area (Å²) < 4.78 is 65.6. The molecule has 1 aromatic carbocycles. The van der Waals surface area contributed by atoms with Crippen molar-refractivity contribution in [2.75, 3.05) is 6.54 Å². The predicted molar refractivity (Wildman–Crippen MR) is 61.6 cm³/mol. The number of halogens is 4. The lowest BCUT2D eigenvalue weighted by atomic mass is 10.3. The van der Waals surface area contributed by atoms with E-state index in [4.69, 9.17) is 5.26 Å². The van der Waals surface area contributed by atoms with Crippen LogP contribution in [-0.4, -0.2) is 21.3 Å². The zero-order valence-corrected chi connectivity index (χ0v) is 11.4. The third-order valence-corrected chi connectivity index (χ3v) is 3.70. The van der Waals surface area contributed by atoms with Gasteiger partial charge in [0, 0.05) is 4.47 Å². The number of hydrogen-bond acceptors (Lipinski definition) is 4. The number of nitrogens with zero attached hydrogens (tertiary/aromatic N) is 1. The Morgan fingerprint density at radius 1 is 1.42 bits per heavy atom. The van der Waals surface area contributed by atoms with Crippen LogP contribution in [0.4, 0.5) is 13.2 Å². The molecule has 0 fully saturated rings. The van der Waals surface area contributed by atoms with E-state index in [1.54, 1.807) is 0 Å². The zero-order chi connectivity index (χ0) is 14.7. The van der Waals surface area contributed by atoms with Gasteiger partial charge in [-0.2, -0.15) is 9.98 Å². The topological polar surface area (TPSA) is 79.2 Å². The molecule has 0 amide bonds. The van der Waals surface area contributed by atoms with Gasteiger partial charge in [-0.25, -0.2) is 8.42 Å². The van der Waals surface area contributed by atoms with Crippen molar-refractivity contribution in [2.45, 2.75) is 11.3 Å². The summed E-state index contributed by atoms with van der Waals surface area (Å²) in [6.45, 7) is -0.566. The number of nitriles is 1. The van der Waals surface area contributed by atoms with E-state index in [-0.39, 0.29) is 4.47 Å². The van der Waals surface area contributed by atoms with Crippen LogP contribution >= 0.6 is 15.9 Å². The van der Waals surface area contributed by atoms with Crippen molar-refractivity contribution in [1.29, 1.82) is 5.26 Å². The van der Waals surface area contributed by atoms with Gasteiger partial charge >= 0.3 is 6.36 Å². The summed E-state index contributed by atoms with van der Waals surface area (Å²) >= 11 is 2.91. The lowest BCUT2D eigenvalue weighted by Crippen LogP contribution is -2.26. The lowest BCUT2D eigenvalue weighted by Gasteiger charge is -2.13. The monoisotopic (exact) mass is 358 g/mol. The number of nitrogens with one attached hydrogen (secondary N) is 1. The Balaban J connectivity index is 3.25. The molecule has 0 aliphatic heterocycles. The smallest absolute Gasteiger partial charge is 0.404 e. The molecule has 5 nitrogen and oxygen atoms in total. The third-order valence-electron chi connectivity index (χ3n) is 1.76. The van der Waals surface area contributed by atoms with Crippen LogP contribution in [0.2, 0.25) is 0 Å². The van der Waals surface area contributed by atoms with Gasteiger partial charge in [-0.05, 0) is 18.2 Å². The van der Waals surface area contributed by atoms with Crippen LogP contribution in [0.5, 0.6) is 5.75 Å². The number of alkyl halides is 3. The Morgan fingerprint density at radius 3 is 2.58 bits per heavy atom. The minimum atomic E-state index is -5.03. The molecule has 10 heteroatoms. The van der Waals surface area contributed by atoms with Crippen molar-refractivity contribution in [1.82, 2.24) is 4.72 Å². The Morgan fingerprint density at radius 2 is 2.05 bits per heavy atom. The van der Waals surface area contributed by atoms with Gasteiger partial charge in [-0.3, -0.25) is 0 Å². The van der Waals surface area contributed by atoms with E-state index in [0.29, 0.717) is 0 Å². The summed E-state index contributed by atoms with van der Waals surface area (Å²) in [5.41, 5.74) is 0. The standard InChI is InChI=1S/C9H6BrF3N2O3S/c10-6-1-2-8(19(16,17)15-4-3-14)7(5-6)18-9(11,12)13/h1-2,5,15H,4H2. The van der Waals surface area contributed by atoms with Crippen LogP contribution in [0, 0.1) is 11.3 Å². The molecule has 1 N–H and O–H groups in total. The molecule has 1 aromatic rings. The second kappa shape index (κ2) is 5.77. The zero-order valence-electron chi connectivity index (χ0n) is 9.03. The van der Waals surface area contributed by atoms with Crippen LogP contribution in [0.3, 0.4) is 0 Å². The fourth-order valence-corrected chi connectivity index (χ4v) is 2.48. The summed E-state index contributed by atoms with van der Waals surface area (Å²) in [6, 6.07) is 4.56. The van der Waals surface area contributed by atoms with Crippen molar-refractivity contribution in [3.05, 3.63) is 22.7 Å². The van der Waals surface area contributed by atoms with Crippen molar-refractivity contribution in [3.63, 3.8) is 0 Å². The molecule has 0 saturated heterocycles. The molecule has 19 heavy (non-hydrogen) atoms. The third kappa shape index (κ3) is 4.70. The molecule has 0 aliphatic rings. The second-order valence-electron chi connectivity index (χ2n) is 3.12. The molecular formula is C9H6BrF3N2O3S. The van der Waals surface area contributed by atoms with E-state index >= 15 is 0 Å². The van der Waals surface area contributed by atoms with E-state index < -0.39 is 33.6 Å². The van der Waals surface area contributed by atoms with Crippen LogP contribution in [-0.2, 0) is 10.0 Å². The van der Waals surface area contributed by atoms with Crippen molar-refractivity contribution in [3.8, 4) is 11.8 Å². The highest BCUT2D eigenvalue weighted by Crippen LogP contribution is 2.32. The van der Waals surface area contributed by atoms with Gasteiger partial charge in [0.1, 0.15) is 4.90 Å². The maximum absolute atomic E-state index is 12.2. The van der Waals surface area contributed by atoms with Gasteiger partial charge in [0.2, 0.25) is 10.0 Å². The van der Waals surface area contributed by atoms with Gasteiger partial charge < -0.3 is 4.74 Å². The van der Waals surface area contributed by atoms with Crippen LogP contribution in [0.25, 0.3) is 0 Å². The highest BCUT2D eigenvalue weighted by molar-refractivity contribution is 9.10. The summed E-state index contributed by atoms with van der Waals surface area (Å²) in [6.07, 6.45) is -5.03. The highest BCUT2D eigenvalue weighted by Gasteiger charge is 2.34. The van der Waals surface area contributed by atoms with E-state index in [1.807, 2.05) is 4.72 Å².